The lowest BCUT2D eigenvalue weighted by Crippen LogP contribution is -2.27. The van der Waals surface area contributed by atoms with E-state index in [1.807, 2.05) is 19.1 Å². The van der Waals surface area contributed by atoms with Gasteiger partial charge in [0.1, 0.15) is 24.2 Å². The van der Waals surface area contributed by atoms with Crippen LogP contribution in [0.1, 0.15) is 16.1 Å². The number of thiazole rings is 1. The van der Waals surface area contributed by atoms with Crippen LogP contribution in [0.4, 0.5) is 0 Å². The molecule has 7 heteroatoms. The number of hydrogen-bond acceptors (Lipinski definition) is 5. The van der Waals surface area contributed by atoms with Gasteiger partial charge in [-0.25, -0.2) is 14.6 Å². The van der Waals surface area contributed by atoms with Crippen LogP contribution in [0.3, 0.4) is 0 Å². The molecule has 2 aromatic heterocycles. The molecular formula is C16H17N5OS. The fourth-order valence-electron chi connectivity index (χ4n) is 2.22. The van der Waals surface area contributed by atoms with Crippen molar-refractivity contribution in [3.05, 3.63) is 53.1 Å². The smallest absolute Gasteiger partial charge is 0.242 e. The van der Waals surface area contributed by atoms with Gasteiger partial charge in [-0.1, -0.05) is 24.3 Å². The zero-order valence-electron chi connectivity index (χ0n) is 13.0. The van der Waals surface area contributed by atoms with Gasteiger partial charge in [0.2, 0.25) is 5.91 Å². The molecule has 118 valence electrons. The van der Waals surface area contributed by atoms with E-state index in [-0.39, 0.29) is 12.5 Å². The predicted molar refractivity (Wildman–Crippen MR) is 88.9 cm³/mol. The standard InChI is InChI=1S/C16H17N5OS/c1-11-5-3-4-6-13(11)16-20-12(2)14(23-16)7-18-15(22)8-21-10-17-9-19-21/h3-6,9-10H,7-8H2,1-2H3,(H,18,22). The number of carbonyl (C=O) groups excluding carboxylic acids is 1. The molecule has 0 spiro atoms. The van der Waals surface area contributed by atoms with Crippen molar-refractivity contribution in [2.75, 3.05) is 0 Å². The molecule has 3 rings (SSSR count). The lowest BCUT2D eigenvalue weighted by Gasteiger charge is -2.03. The Morgan fingerprint density at radius 1 is 1.30 bits per heavy atom. The first kappa shape index (κ1) is 15.4. The van der Waals surface area contributed by atoms with Gasteiger partial charge < -0.3 is 5.32 Å². The van der Waals surface area contributed by atoms with Crippen LogP contribution in [0.5, 0.6) is 0 Å². The molecule has 6 nitrogen and oxygen atoms in total. The molecule has 0 unspecified atom stereocenters. The maximum atomic E-state index is 11.9. The molecule has 0 aliphatic rings. The Labute approximate surface area is 138 Å². The van der Waals surface area contributed by atoms with Gasteiger partial charge in [0, 0.05) is 10.4 Å². The molecule has 3 aromatic rings. The number of benzene rings is 1. The minimum atomic E-state index is -0.0965. The van der Waals surface area contributed by atoms with Crippen LogP contribution in [-0.4, -0.2) is 25.7 Å². The van der Waals surface area contributed by atoms with E-state index in [2.05, 4.69) is 39.4 Å². The van der Waals surface area contributed by atoms with Gasteiger partial charge in [0.25, 0.3) is 0 Å². The number of carbonyl (C=O) groups is 1. The quantitative estimate of drug-likeness (QED) is 0.780. The highest BCUT2D eigenvalue weighted by atomic mass is 32.1. The van der Waals surface area contributed by atoms with E-state index in [9.17, 15) is 4.79 Å². The Hall–Kier alpha value is -2.54. The first-order valence-corrected chi connectivity index (χ1v) is 8.06. The summed E-state index contributed by atoms with van der Waals surface area (Å²) in [5.41, 5.74) is 3.29. The second-order valence-electron chi connectivity index (χ2n) is 5.21. The summed E-state index contributed by atoms with van der Waals surface area (Å²) >= 11 is 1.62. The fourth-order valence-corrected chi connectivity index (χ4v) is 3.31. The molecule has 0 radical (unpaired) electrons. The van der Waals surface area contributed by atoms with Crippen LogP contribution in [-0.2, 0) is 17.9 Å². The molecule has 1 aromatic carbocycles. The first-order valence-electron chi connectivity index (χ1n) is 7.25. The largest absolute Gasteiger partial charge is 0.350 e. The third-order valence-corrected chi connectivity index (χ3v) is 4.68. The maximum absolute atomic E-state index is 11.9. The average Bonchev–Trinajstić information content (AvgIpc) is 3.15. The van der Waals surface area contributed by atoms with E-state index in [4.69, 9.17) is 0 Å². The lowest BCUT2D eigenvalue weighted by atomic mass is 10.1. The molecule has 0 saturated carbocycles. The van der Waals surface area contributed by atoms with Gasteiger partial charge in [-0.2, -0.15) is 5.10 Å². The normalized spacial score (nSPS) is 10.7. The molecule has 0 saturated heterocycles. The van der Waals surface area contributed by atoms with Crippen LogP contribution < -0.4 is 5.32 Å². The van der Waals surface area contributed by atoms with Gasteiger partial charge in [-0.05, 0) is 19.4 Å². The predicted octanol–water partition coefficient (Wildman–Crippen LogP) is 2.33. The van der Waals surface area contributed by atoms with Crippen LogP contribution in [0.15, 0.2) is 36.9 Å². The maximum Gasteiger partial charge on any atom is 0.242 e. The van der Waals surface area contributed by atoms with E-state index in [0.717, 1.165) is 21.1 Å². The summed E-state index contributed by atoms with van der Waals surface area (Å²) < 4.78 is 1.49. The number of nitrogens with one attached hydrogen (secondary N) is 1. The highest BCUT2D eigenvalue weighted by Crippen LogP contribution is 2.29. The molecule has 1 N–H and O–H groups in total. The molecule has 1 amide bonds. The first-order chi connectivity index (χ1) is 11.1. The second kappa shape index (κ2) is 6.70. The highest BCUT2D eigenvalue weighted by Gasteiger charge is 2.12. The second-order valence-corrected chi connectivity index (χ2v) is 6.30. The number of nitrogens with zero attached hydrogens (tertiary/aromatic N) is 4. The lowest BCUT2D eigenvalue weighted by molar-refractivity contribution is -0.122. The SMILES string of the molecule is Cc1ccccc1-c1nc(C)c(CNC(=O)Cn2cncn2)s1. The van der Waals surface area contributed by atoms with Crippen molar-refractivity contribution in [1.29, 1.82) is 0 Å². The van der Waals surface area contributed by atoms with Gasteiger partial charge in [-0.15, -0.1) is 11.3 Å². The summed E-state index contributed by atoms with van der Waals surface area (Å²) in [6.07, 6.45) is 2.93. The summed E-state index contributed by atoms with van der Waals surface area (Å²) in [4.78, 5) is 21.4. The van der Waals surface area contributed by atoms with E-state index >= 15 is 0 Å². The summed E-state index contributed by atoms with van der Waals surface area (Å²) in [5.74, 6) is -0.0965. The number of amides is 1. The fraction of sp³-hybridized carbons (Fsp3) is 0.250. The average molecular weight is 327 g/mol. The van der Waals surface area contributed by atoms with E-state index in [1.54, 1.807) is 11.3 Å². The summed E-state index contributed by atoms with van der Waals surface area (Å²) in [7, 11) is 0. The zero-order valence-corrected chi connectivity index (χ0v) is 13.8. The molecule has 0 aliphatic carbocycles. The van der Waals surface area contributed by atoms with Gasteiger partial charge in [0.05, 0.1) is 12.2 Å². The molecule has 0 bridgehead atoms. The zero-order chi connectivity index (χ0) is 16.2. The molecule has 0 atom stereocenters. The van der Waals surface area contributed by atoms with Crippen molar-refractivity contribution in [2.24, 2.45) is 0 Å². The molecule has 2 heterocycles. The van der Waals surface area contributed by atoms with Crippen molar-refractivity contribution < 1.29 is 4.79 Å². The Balaban J connectivity index is 1.67. The number of rotatable bonds is 5. The minimum absolute atomic E-state index is 0.0965. The van der Waals surface area contributed by atoms with E-state index in [0.29, 0.717) is 6.54 Å². The summed E-state index contributed by atoms with van der Waals surface area (Å²) in [6, 6.07) is 8.18. The third kappa shape index (κ3) is 3.62. The summed E-state index contributed by atoms with van der Waals surface area (Å²) in [6.45, 7) is 4.69. The number of aryl methyl sites for hydroxylation is 2. The van der Waals surface area contributed by atoms with Crippen LogP contribution in [0.25, 0.3) is 10.6 Å². The van der Waals surface area contributed by atoms with Crippen LogP contribution in [0, 0.1) is 13.8 Å². The Morgan fingerprint density at radius 2 is 2.13 bits per heavy atom. The molecule has 23 heavy (non-hydrogen) atoms. The van der Waals surface area contributed by atoms with Gasteiger partial charge in [-0.3, -0.25) is 4.79 Å². The molecule has 0 fully saturated rings. The number of aromatic nitrogens is 4. The summed E-state index contributed by atoms with van der Waals surface area (Å²) in [5, 5.41) is 7.80. The Kier molecular flexibility index (Phi) is 4.47. The van der Waals surface area contributed by atoms with Gasteiger partial charge >= 0.3 is 0 Å². The minimum Gasteiger partial charge on any atom is -0.350 e. The Bertz CT molecular complexity index is 810. The Morgan fingerprint density at radius 3 is 2.87 bits per heavy atom. The monoisotopic (exact) mass is 327 g/mol. The topological polar surface area (TPSA) is 72.7 Å². The molecular weight excluding hydrogens is 310 g/mol. The van der Waals surface area contributed by atoms with Crippen molar-refractivity contribution in [1.82, 2.24) is 25.1 Å². The third-order valence-electron chi connectivity index (χ3n) is 3.49. The van der Waals surface area contributed by atoms with E-state index < -0.39 is 0 Å². The van der Waals surface area contributed by atoms with Crippen molar-refractivity contribution in [3.8, 4) is 10.6 Å². The highest BCUT2D eigenvalue weighted by molar-refractivity contribution is 7.15. The number of hydrogen-bond donors (Lipinski definition) is 1. The van der Waals surface area contributed by atoms with Crippen LogP contribution >= 0.6 is 11.3 Å². The van der Waals surface area contributed by atoms with Crippen molar-refractivity contribution in [3.63, 3.8) is 0 Å². The van der Waals surface area contributed by atoms with E-state index in [1.165, 1.54) is 22.9 Å². The molecule has 0 aliphatic heterocycles. The van der Waals surface area contributed by atoms with Crippen molar-refractivity contribution in [2.45, 2.75) is 26.9 Å². The van der Waals surface area contributed by atoms with Crippen LogP contribution in [0.2, 0.25) is 0 Å². The van der Waals surface area contributed by atoms with Gasteiger partial charge in [0.15, 0.2) is 0 Å². The van der Waals surface area contributed by atoms with Crippen molar-refractivity contribution >= 4 is 17.2 Å².